The highest BCUT2D eigenvalue weighted by Gasteiger charge is 2.15. The van der Waals surface area contributed by atoms with Gasteiger partial charge in [-0.05, 0) is 24.3 Å². The van der Waals surface area contributed by atoms with Gasteiger partial charge in [0.1, 0.15) is 11.6 Å². The Kier molecular flexibility index (Phi) is 3.69. The van der Waals surface area contributed by atoms with Gasteiger partial charge in [-0.1, -0.05) is 37.3 Å². The Bertz CT molecular complexity index is 763. The van der Waals surface area contributed by atoms with Crippen molar-refractivity contribution in [2.45, 2.75) is 13.3 Å². The van der Waals surface area contributed by atoms with E-state index in [1.165, 1.54) is 0 Å². The number of carbonyl (C=O) groups excluding carboxylic acids is 1. The van der Waals surface area contributed by atoms with Crippen LogP contribution in [0.4, 0.5) is 0 Å². The summed E-state index contributed by atoms with van der Waals surface area (Å²) in [4.78, 5) is 17.0. The average molecular weight is 280 g/mol. The number of hydrogen-bond acceptors (Lipinski definition) is 3. The van der Waals surface area contributed by atoms with Crippen LogP contribution in [-0.2, 0) is 6.42 Å². The first-order valence-electron chi connectivity index (χ1n) is 6.97. The molecule has 0 aliphatic carbocycles. The lowest BCUT2D eigenvalue weighted by atomic mass is 10.3. The molecule has 0 atom stereocenters. The first-order chi connectivity index (χ1) is 10.3. The summed E-state index contributed by atoms with van der Waals surface area (Å²) in [6, 6.07) is 17.0. The number of para-hydroxylation sites is 3. The maximum atomic E-state index is 12.5. The third kappa shape index (κ3) is 2.65. The molecule has 0 radical (unpaired) electrons. The molecule has 21 heavy (non-hydrogen) atoms. The van der Waals surface area contributed by atoms with E-state index < -0.39 is 0 Å². The summed E-state index contributed by atoms with van der Waals surface area (Å²) in [6.45, 7) is 1.99. The molecular formula is C17H16N2O2. The van der Waals surface area contributed by atoms with Crippen molar-refractivity contribution in [3.8, 4) is 5.75 Å². The lowest BCUT2D eigenvalue weighted by Gasteiger charge is -2.08. The Morgan fingerprint density at radius 2 is 1.81 bits per heavy atom. The van der Waals surface area contributed by atoms with Gasteiger partial charge in [0.25, 0.3) is 5.91 Å². The van der Waals surface area contributed by atoms with Gasteiger partial charge >= 0.3 is 0 Å². The predicted molar refractivity (Wildman–Crippen MR) is 81.7 cm³/mol. The van der Waals surface area contributed by atoms with Crippen LogP contribution in [0.2, 0.25) is 0 Å². The largest absolute Gasteiger partial charge is 0.484 e. The lowest BCUT2D eigenvalue weighted by molar-refractivity contribution is 0.0839. The number of aryl methyl sites for hydroxylation is 1. The molecule has 4 heteroatoms. The minimum absolute atomic E-state index is 0.00261. The quantitative estimate of drug-likeness (QED) is 0.736. The van der Waals surface area contributed by atoms with E-state index >= 15 is 0 Å². The number of benzene rings is 2. The zero-order valence-corrected chi connectivity index (χ0v) is 11.8. The van der Waals surface area contributed by atoms with E-state index in [0.29, 0.717) is 12.2 Å². The summed E-state index contributed by atoms with van der Waals surface area (Å²) in [5, 5.41) is 0. The normalized spacial score (nSPS) is 10.7. The fourth-order valence-electron chi connectivity index (χ4n) is 2.32. The van der Waals surface area contributed by atoms with Crippen LogP contribution < -0.4 is 4.74 Å². The zero-order chi connectivity index (χ0) is 14.7. The van der Waals surface area contributed by atoms with E-state index in [-0.39, 0.29) is 12.5 Å². The molecule has 3 aromatic rings. The topological polar surface area (TPSA) is 44.1 Å². The molecule has 0 saturated carbocycles. The van der Waals surface area contributed by atoms with Crippen molar-refractivity contribution in [1.82, 2.24) is 9.55 Å². The van der Waals surface area contributed by atoms with Gasteiger partial charge in [0.05, 0.1) is 11.0 Å². The van der Waals surface area contributed by atoms with Gasteiger partial charge in [0.15, 0.2) is 6.61 Å². The third-order valence-corrected chi connectivity index (χ3v) is 3.30. The Balaban J connectivity index is 1.87. The molecule has 0 aliphatic rings. The van der Waals surface area contributed by atoms with Crippen molar-refractivity contribution >= 4 is 16.9 Å². The smallest absolute Gasteiger partial charge is 0.270 e. The number of imidazole rings is 1. The van der Waals surface area contributed by atoms with E-state index in [9.17, 15) is 4.79 Å². The molecule has 1 heterocycles. The molecule has 0 unspecified atom stereocenters. The number of fused-ring (bicyclic) bond motifs is 1. The van der Waals surface area contributed by atoms with Crippen molar-refractivity contribution in [3.63, 3.8) is 0 Å². The maximum absolute atomic E-state index is 12.5. The Morgan fingerprint density at radius 1 is 1.10 bits per heavy atom. The highest BCUT2D eigenvalue weighted by molar-refractivity contribution is 5.91. The maximum Gasteiger partial charge on any atom is 0.270 e. The molecular weight excluding hydrogens is 264 g/mol. The molecule has 0 amide bonds. The predicted octanol–water partition coefficient (Wildman–Crippen LogP) is 3.32. The number of nitrogens with zero attached hydrogens (tertiary/aromatic N) is 2. The number of rotatable bonds is 4. The van der Waals surface area contributed by atoms with E-state index in [1.54, 1.807) is 4.57 Å². The van der Waals surface area contributed by atoms with Crippen molar-refractivity contribution in [3.05, 3.63) is 60.4 Å². The van der Waals surface area contributed by atoms with Crippen LogP contribution in [-0.4, -0.2) is 22.1 Å². The SMILES string of the molecule is CCc1nc2ccccc2n1C(=O)COc1ccccc1. The van der Waals surface area contributed by atoms with Gasteiger partial charge in [0.2, 0.25) is 0 Å². The number of carbonyl (C=O) groups is 1. The molecule has 0 N–H and O–H groups in total. The van der Waals surface area contributed by atoms with Crippen molar-refractivity contribution in [1.29, 1.82) is 0 Å². The standard InChI is InChI=1S/C17H16N2O2/c1-2-16-18-14-10-6-7-11-15(14)19(16)17(20)12-21-13-8-4-3-5-9-13/h3-11H,2,12H2,1H3. The average Bonchev–Trinajstić information content (AvgIpc) is 2.92. The van der Waals surface area contributed by atoms with Crippen molar-refractivity contribution in [2.75, 3.05) is 6.61 Å². The van der Waals surface area contributed by atoms with Gasteiger partial charge in [-0.25, -0.2) is 4.98 Å². The lowest BCUT2D eigenvalue weighted by Crippen LogP contribution is -2.21. The molecule has 3 rings (SSSR count). The highest BCUT2D eigenvalue weighted by Crippen LogP contribution is 2.17. The molecule has 0 fully saturated rings. The van der Waals surface area contributed by atoms with E-state index in [2.05, 4.69) is 4.98 Å². The van der Waals surface area contributed by atoms with Gasteiger partial charge in [-0.3, -0.25) is 9.36 Å². The second-order valence-electron chi connectivity index (χ2n) is 4.70. The Morgan fingerprint density at radius 3 is 2.57 bits per heavy atom. The summed E-state index contributed by atoms with van der Waals surface area (Å²) in [7, 11) is 0. The fraction of sp³-hybridized carbons (Fsp3) is 0.176. The highest BCUT2D eigenvalue weighted by atomic mass is 16.5. The second-order valence-corrected chi connectivity index (χ2v) is 4.70. The summed E-state index contributed by atoms with van der Waals surface area (Å²) in [5.41, 5.74) is 1.67. The molecule has 106 valence electrons. The van der Waals surface area contributed by atoms with E-state index in [1.807, 2.05) is 61.5 Å². The van der Waals surface area contributed by atoms with Crippen LogP contribution in [0.3, 0.4) is 0 Å². The summed E-state index contributed by atoms with van der Waals surface area (Å²) in [5.74, 6) is 1.34. The molecule has 0 spiro atoms. The molecule has 4 nitrogen and oxygen atoms in total. The first kappa shape index (κ1) is 13.4. The summed E-state index contributed by atoms with van der Waals surface area (Å²) >= 11 is 0. The number of ether oxygens (including phenoxy) is 1. The summed E-state index contributed by atoms with van der Waals surface area (Å²) < 4.78 is 7.19. The first-order valence-corrected chi connectivity index (χ1v) is 6.97. The minimum Gasteiger partial charge on any atom is -0.484 e. The van der Waals surface area contributed by atoms with Crippen molar-refractivity contribution in [2.24, 2.45) is 0 Å². The van der Waals surface area contributed by atoms with Gasteiger partial charge in [0, 0.05) is 6.42 Å². The Labute approximate surface area is 123 Å². The van der Waals surface area contributed by atoms with E-state index in [0.717, 1.165) is 16.9 Å². The number of hydrogen-bond donors (Lipinski definition) is 0. The van der Waals surface area contributed by atoms with Gasteiger partial charge in [-0.2, -0.15) is 0 Å². The van der Waals surface area contributed by atoms with Crippen LogP contribution in [0, 0.1) is 0 Å². The Hall–Kier alpha value is -2.62. The van der Waals surface area contributed by atoms with E-state index in [4.69, 9.17) is 4.74 Å². The van der Waals surface area contributed by atoms with Gasteiger partial charge in [-0.15, -0.1) is 0 Å². The fourth-order valence-corrected chi connectivity index (χ4v) is 2.32. The monoisotopic (exact) mass is 280 g/mol. The molecule has 0 aliphatic heterocycles. The van der Waals surface area contributed by atoms with Crippen LogP contribution in [0.25, 0.3) is 11.0 Å². The molecule has 0 saturated heterocycles. The molecule has 1 aromatic heterocycles. The van der Waals surface area contributed by atoms with Crippen molar-refractivity contribution < 1.29 is 9.53 Å². The minimum atomic E-state index is -0.107. The van der Waals surface area contributed by atoms with Crippen LogP contribution >= 0.6 is 0 Å². The molecule has 2 aromatic carbocycles. The summed E-state index contributed by atoms with van der Waals surface area (Å²) in [6.07, 6.45) is 0.700. The zero-order valence-electron chi connectivity index (χ0n) is 11.8. The molecule has 0 bridgehead atoms. The second kappa shape index (κ2) is 5.79. The van der Waals surface area contributed by atoms with Crippen LogP contribution in [0.1, 0.15) is 17.5 Å². The third-order valence-electron chi connectivity index (χ3n) is 3.30. The van der Waals surface area contributed by atoms with Crippen LogP contribution in [0.5, 0.6) is 5.75 Å². The number of aromatic nitrogens is 2. The van der Waals surface area contributed by atoms with Gasteiger partial charge < -0.3 is 4.74 Å². The van der Waals surface area contributed by atoms with Crippen LogP contribution in [0.15, 0.2) is 54.6 Å².